The fraction of sp³-hybridized carbons (Fsp3) is 0.786. The minimum absolute atomic E-state index is 0.106. The van der Waals surface area contributed by atoms with Crippen molar-refractivity contribution in [1.82, 2.24) is 19.8 Å². The van der Waals surface area contributed by atoms with Gasteiger partial charge in [-0.25, -0.2) is 0 Å². The molecule has 3 heterocycles. The van der Waals surface area contributed by atoms with Gasteiger partial charge in [0.1, 0.15) is 4.88 Å². The van der Waals surface area contributed by atoms with Crippen LogP contribution >= 0.6 is 11.5 Å². The molecular weight excluding hydrogens is 272 g/mol. The Morgan fingerprint density at radius 2 is 2.10 bits per heavy atom. The Bertz CT molecular complexity index is 477. The molecule has 2 fully saturated rings. The molecule has 5 nitrogen and oxygen atoms in total. The second-order valence-electron chi connectivity index (χ2n) is 5.98. The maximum absolute atomic E-state index is 12.7. The average Bonchev–Trinajstić information content (AvgIpc) is 3.04. The van der Waals surface area contributed by atoms with Crippen molar-refractivity contribution < 1.29 is 4.79 Å². The van der Waals surface area contributed by atoms with E-state index in [9.17, 15) is 4.79 Å². The van der Waals surface area contributed by atoms with Gasteiger partial charge in [-0.3, -0.25) is 4.79 Å². The van der Waals surface area contributed by atoms with E-state index in [4.69, 9.17) is 0 Å². The van der Waals surface area contributed by atoms with Gasteiger partial charge in [0.25, 0.3) is 5.91 Å². The highest BCUT2D eigenvalue weighted by atomic mass is 32.1. The molecule has 2 atom stereocenters. The average molecular weight is 294 g/mol. The maximum Gasteiger partial charge on any atom is 0.267 e. The second kappa shape index (κ2) is 5.77. The van der Waals surface area contributed by atoms with Crippen molar-refractivity contribution in [1.29, 1.82) is 0 Å². The van der Waals surface area contributed by atoms with Gasteiger partial charge < -0.3 is 10.2 Å². The number of piperidine rings is 1. The first-order valence-corrected chi connectivity index (χ1v) is 8.30. The summed E-state index contributed by atoms with van der Waals surface area (Å²) in [5.74, 6) is 0.106. The van der Waals surface area contributed by atoms with Crippen molar-refractivity contribution in [3.63, 3.8) is 0 Å². The van der Waals surface area contributed by atoms with Crippen LogP contribution < -0.4 is 5.32 Å². The van der Waals surface area contributed by atoms with E-state index in [0.717, 1.165) is 36.3 Å². The van der Waals surface area contributed by atoms with Gasteiger partial charge in [-0.05, 0) is 43.6 Å². The number of carbonyl (C=O) groups is 1. The third-order valence-electron chi connectivity index (χ3n) is 4.55. The number of hydrogen-bond donors (Lipinski definition) is 1. The van der Waals surface area contributed by atoms with E-state index in [2.05, 4.69) is 21.8 Å². The molecular formula is C14H22N4OS. The smallest absolute Gasteiger partial charge is 0.267 e. The Kier molecular flexibility index (Phi) is 4.03. The van der Waals surface area contributed by atoms with Gasteiger partial charge in [-0.1, -0.05) is 17.8 Å². The van der Waals surface area contributed by atoms with Crippen molar-refractivity contribution in [3.8, 4) is 0 Å². The zero-order valence-corrected chi connectivity index (χ0v) is 12.9. The molecule has 2 aliphatic heterocycles. The summed E-state index contributed by atoms with van der Waals surface area (Å²) in [6, 6.07) is 1.56. The monoisotopic (exact) mass is 294 g/mol. The lowest BCUT2D eigenvalue weighted by atomic mass is 9.98. The Hall–Kier alpha value is -1.01. The molecule has 1 amide bonds. The molecule has 6 heteroatoms. The van der Waals surface area contributed by atoms with Gasteiger partial charge in [0.05, 0.1) is 5.69 Å². The standard InChI is InChI=1S/C14H22N4OS/c1-3-4-12-13(20-17-16-12)14(19)18(2)11-7-9-5-6-10(8-11)15-9/h9-11,15H,3-8H2,1-2H3. The van der Waals surface area contributed by atoms with E-state index in [-0.39, 0.29) is 5.91 Å². The molecule has 0 spiro atoms. The molecule has 2 saturated heterocycles. The summed E-state index contributed by atoms with van der Waals surface area (Å²) in [4.78, 5) is 15.3. The Labute approximate surface area is 123 Å². The van der Waals surface area contributed by atoms with Gasteiger partial charge in [-0.15, -0.1) is 5.10 Å². The molecule has 20 heavy (non-hydrogen) atoms. The minimum Gasteiger partial charge on any atom is -0.338 e. The zero-order chi connectivity index (χ0) is 14.1. The van der Waals surface area contributed by atoms with Crippen LogP contribution in [0.1, 0.15) is 54.4 Å². The minimum atomic E-state index is 0.106. The number of aromatic nitrogens is 2. The normalized spacial score (nSPS) is 28.6. The van der Waals surface area contributed by atoms with E-state index in [1.54, 1.807) is 0 Å². The van der Waals surface area contributed by atoms with E-state index in [1.807, 2.05) is 11.9 Å². The quantitative estimate of drug-likeness (QED) is 0.920. The molecule has 110 valence electrons. The summed E-state index contributed by atoms with van der Waals surface area (Å²) in [6.07, 6.45) is 6.50. The van der Waals surface area contributed by atoms with Crippen molar-refractivity contribution in [2.75, 3.05) is 7.05 Å². The van der Waals surface area contributed by atoms with Crippen LogP contribution in [0.4, 0.5) is 0 Å². The number of amides is 1. The van der Waals surface area contributed by atoms with Gasteiger partial charge >= 0.3 is 0 Å². The highest BCUT2D eigenvalue weighted by Gasteiger charge is 2.37. The van der Waals surface area contributed by atoms with Crippen LogP contribution in [0, 0.1) is 0 Å². The Morgan fingerprint density at radius 1 is 1.40 bits per heavy atom. The van der Waals surface area contributed by atoms with E-state index in [0.29, 0.717) is 18.1 Å². The lowest BCUT2D eigenvalue weighted by Gasteiger charge is -2.35. The fourth-order valence-electron chi connectivity index (χ4n) is 3.44. The number of nitrogens with zero attached hydrogens (tertiary/aromatic N) is 3. The van der Waals surface area contributed by atoms with Crippen molar-refractivity contribution >= 4 is 17.4 Å². The summed E-state index contributed by atoms with van der Waals surface area (Å²) < 4.78 is 3.96. The first-order valence-electron chi connectivity index (χ1n) is 7.53. The van der Waals surface area contributed by atoms with Gasteiger partial charge in [0.2, 0.25) is 0 Å². The summed E-state index contributed by atoms with van der Waals surface area (Å²) in [5, 5.41) is 7.73. The molecule has 2 bridgehead atoms. The number of rotatable bonds is 4. The first-order chi connectivity index (χ1) is 9.69. The number of nitrogens with one attached hydrogen (secondary N) is 1. The SMILES string of the molecule is CCCc1nnsc1C(=O)N(C)C1CC2CCC(C1)N2. The third kappa shape index (κ3) is 2.59. The molecule has 0 aliphatic carbocycles. The highest BCUT2D eigenvalue weighted by molar-refractivity contribution is 7.08. The lowest BCUT2D eigenvalue weighted by Crippen LogP contribution is -2.48. The predicted octanol–water partition coefficient (Wildman–Crippen LogP) is 1.85. The lowest BCUT2D eigenvalue weighted by molar-refractivity contribution is 0.0685. The largest absolute Gasteiger partial charge is 0.338 e. The third-order valence-corrected chi connectivity index (χ3v) is 5.31. The molecule has 2 unspecified atom stereocenters. The van der Waals surface area contributed by atoms with Crippen LogP contribution in [0.25, 0.3) is 0 Å². The number of fused-ring (bicyclic) bond motifs is 2. The first kappa shape index (κ1) is 13.9. The fourth-order valence-corrected chi connectivity index (χ4v) is 4.13. The van der Waals surface area contributed by atoms with Gasteiger partial charge in [0, 0.05) is 25.2 Å². The molecule has 1 aromatic heterocycles. The van der Waals surface area contributed by atoms with Crippen LogP contribution in [-0.2, 0) is 6.42 Å². The molecule has 2 aliphatic rings. The molecule has 1 aromatic rings. The molecule has 0 saturated carbocycles. The number of aryl methyl sites for hydroxylation is 1. The van der Waals surface area contributed by atoms with Crippen LogP contribution in [0.15, 0.2) is 0 Å². The molecule has 0 aromatic carbocycles. The van der Waals surface area contributed by atoms with Gasteiger partial charge in [0.15, 0.2) is 0 Å². The summed E-state index contributed by atoms with van der Waals surface area (Å²) in [7, 11) is 1.94. The topological polar surface area (TPSA) is 58.1 Å². The molecule has 3 rings (SSSR count). The van der Waals surface area contributed by atoms with Crippen LogP contribution in [0.5, 0.6) is 0 Å². The Morgan fingerprint density at radius 3 is 2.75 bits per heavy atom. The van der Waals surface area contributed by atoms with Gasteiger partial charge in [-0.2, -0.15) is 0 Å². The zero-order valence-electron chi connectivity index (χ0n) is 12.1. The predicted molar refractivity (Wildman–Crippen MR) is 79.0 cm³/mol. The summed E-state index contributed by atoms with van der Waals surface area (Å²) >= 11 is 1.24. The maximum atomic E-state index is 12.7. The van der Waals surface area contributed by atoms with Crippen molar-refractivity contribution in [3.05, 3.63) is 10.6 Å². The summed E-state index contributed by atoms with van der Waals surface area (Å²) in [5.41, 5.74) is 0.867. The second-order valence-corrected chi connectivity index (χ2v) is 6.73. The van der Waals surface area contributed by atoms with E-state index < -0.39 is 0 Å². The summed E-state index contributed by atoms with van der Waals surface area (Å²) in [6.45, 7) is 2.10. The van der Waals surface area contributed by atoms with E-state index >= 15 is 0 Å². The van der Waals surface area contributed by atoms with Crippen LogP contribution in [0.3, 0.4) is 0 Å². The number of carbonyl (C=O) groups excluding carboxylic acids is 1. The van der Waals surface area contributed by atoms with Crippen LogP contribution in [0.2, 0.25) is 0 Å². The Balaban J connectivity index is 1.71. The van der Waals surface area contributed by atoms with Crippen molar-refractivity contribution in [2.24, 2.45) is 0 Å². The highest BCUT2D eigenvalue weighted by Crippen LogP contribution is 2.30. The van der Waals surface area contributed by atoms with Crippen LogP contribution in [-0.4, -0.2) is 45.6 Å². The molecule has 1 N–H and O–H groups in total. The van der Waals surface area contributed by atoms with Crippen molar-refractivity contribution in [2.45, 2.75) is 63.6 Å². The molecule has 0 radical (unpaired) electrons. The van der Waals surface area contributed by atoms with E-state index in [1.165, 1.54) is 24.4 Å². The number of hydrogen-bond acceptors (Lipinski definition) is 5.